The van der Waals surface area contributed by atoms with Crippen molar-refractivity contribution in [2.45, 2.75) is 6.54 Å². The van der Waals surface area contributed by atoms with Crippen molar-refractivity contribution in [1.82, 2.24) is 0 Å². The fourth-order valence-electron chi connectivity index (χ4n) is 0.870. The summed E-state index contributed by atoms with van der Waals surface area (Å²) in [5.41, 5.74) is 0. The molecule has 0 aromatic carbocycles. The second-order valence-corrected chi connectivity index (χ2v) is 3.53. The molecule has 0 unspecified atom stereocenters. The largest absolute Gasteiger partial charge is 0.870 e. The van der Waals surface area contributed by atoms with Gasteiger partial charge in [-0.2, -0.15) is 0 Å². The van der Waals surface area contributed by atoms with Gasteiger partial charge < -0.3 is 14.4 Å². The molecule has 64 valence electrons. The van der Waals surface area contributed by atoms with Gasteiger partial charge in [-0.25, -0.2) is 0 Å². The van der Waals surface area contributed by atoms with Gasteiger partial charge in [-0.1, -0.05) is 0 Å². The lowest BCUT2D eigenvalue weighted by Crippen LogP contribution is -2.33. The summed E-state index contributed by atoms with van der Waals surface area (Å²) in [4.78, 5) is 0. The lowest BCUT2D eigenvalue weighted by Gasteiger charge is -2.21. The lowest BCUT2D eigenvalue weighted by molar-refractivity contribution is -0.884. The van der Waals surface area contributed by atoms with E-state index >= 15 is 0 Å². The summed E-state index contributed by atoms with van der Waals surface area (Å²) in [7, 11) is 6.42. The van der Waals surface area contributed by atoms with Crippen LogP contribution >= 0.6 is 0 Å². The average molecular weight is 157 g/mol. The zero-order valence-electron chi connectivity index (χ0n) is 7.24. The van der Waals surface area contributed by atoms with Crippen LogP contribution in [0.4, 0.5) is 0 Å². The fraction of sp³-hybridized carbons (Fsp3) is 0.500. The number of hydrogen-bond donors (Lipinski definition) is 0. The first kappa shape index (κ1) is 10.2. The Hall–Kier alpha value is -0.800. The number of hydrogen-bond acceptors (Lipinski definition) is 2. The Morgan fingerprint density at radius 1 is 1.36 bits per heavy atom. The monoisotopic (exact) mass is 157 g/mol. The standard InChI is InChI=1S/C8H14NO.H2O/c1-9(2,3)7-8-5-4-6-10-8;/h4-6H,7H2,1-3H3;1H2/q+1;/p-1. The highest BCUT2D eigenvalue weighted by atomic mass is 16.3. The molecule has 0 saturated heterocycles. The minimum Gasteiger partial charge on any atom is -0.870 e. The smallest absolute Gasteiger partial charge is 0.158 e. The third-order valence-corrected chi connectivity index (χ3v) is 1.21. The Kier molecular flexibility index (Phi) is 3.29. The molecule has 0 amide bonds. The molecule has 0 saturated carbocycles. The molecule has 0 aliphatic heterocycles. The molecule has 3 nitrogen and oxygen atoms in total. The highest BCUT2D eigenvalue weighted by Crippen LogP contribution is 2.06. The van der Waals surface area contributed by atoms with Crippen molar-refractivity contribution in [2.24, 2.45) is 0 Å². The molecule has 1 heterocycles. The molecule has 1 rings (SSSR count). The van der Waals surface area contributed by atoms with Crippen LogP contribution in [0.15, 0.2) is 22.8 Å². The van der Waals surface area contributed by atoms with E-state index in [0.717, 1.165) is 16.8 Å². The summed E-state index contributed by atoms with van der Waals surface area (Å²) in [5, 5.41) is 0. The van der Waals surface area contributed by atoms with Crippen LogP contribution in [0.3, 0.4) is 0 Å². The minimum atomic E-state index is 0. The van der Waals surface area contributed by atoms with E-state index in [1.165, 1.54) is 0 Å². The van der Waals surface area contributed by atoms with Gasteiger partial charge in [0.15, 0.2) is 5.76 Å². The minimum absolute atomic E-state index is 0. The van der Waals surface area contributed by atoms with Crippen molar-refractivity contribution >= 4 is 0 Å². The van der Waals surface area contributed by atoms with E-state index in [-0.39, 0.29) is 5.48 Å². The molecular formula is C8H15NO2. The van der Waals surface area contributed by atoms with Gasteiger partial charge in [-0.05, 0) is 12.1 Å². The molecule has 0 aliphatic carbocycles. The number of furan rings is 1. The summed E-state index contributed by atoms with van der Waals surface area (Å²) >= 11 is 0. The maximum Gasteiger partial charge on any atom is 0.158 e. The second-order valence-electron chi connectivity index (χ2n) is 3.53. The molecule has 0 atom stereocenters. The quantitative estimate of drug-likeness (QED) is 0.607. The van der Waals surface area contributed by atoms with Crippen LogP contribution in [-0.4, -0.2) is 31.1 Å². The predicted molar refractivity (Wildman–Crippen MR) is 42.4 cm³/mol. The van der Waals surface area contributed by atoms with Crippen LogP contribution in [0, 0.1) is 0 Å². The van der Waals surface area contributed by atoms with Crippen LogP contribution in [0.25, 0.3) is 0 Å². The first-order valence-corrected chi connectivity index (χ1v) is 3.41. The first-order valence-electron chi connectivity index (χ1n) is 3.41. The van der Waals surface area contributed by atoms with E-state index in [4.69, 9.17) is 4.42 Å². The van der Waals surface area contributed by atoms with Gasteiger partial charge in [0.05, 0.1) is 27.4 Å². The highest BCUT2D eigenvalue weighted by Gasteiger charge is 2.09. The van der Waals surface area contributed by atoms with Gasteiger partial charge in [-0.15, -0.1) is 0 Å². The fourth-order valence-corrected chi connectivity index (χ4v) is 0.870. The topological polar surface area (TPSA) is 43.1 Å². The Morgan fingerprint density at radius 2 is 2.00 bits per heavy atom. The Morgan fingerprint density at radius 3 is 2.36 bits per heavy atom. The molecule has 0 spiro atoms. The van der Waals surface area contributed by atoms with E-state index in [2.05, 4.69) is 21.1 Å². The first-order chi connectivity index (χ1) is 4.58. The van der Waals surface area contributed by atoms with Crippen LogP contribution in [-0.2, 0) is 6.54 Å². The SMILES string of the molecule is C[N+](C)(C)Cc1ccco1.[OH-]. The van der Waals surface area contributed by atoms with Crippen LogP contribution in [0.2, 0.25) is 0 Å². The number of nitrogens with zero attached hydrogens (tertiary/aromatic N) is 1. The van der Waals surface area contributed by atoms with E-state index in [0.29, 0.717) is 0 Å². The van der Waals surface area contributed by atoms with Crippen LogP contribution in [0.1, 0.15) is 5.76 Å². The molecule has 1 N–H and O–H groups in total. The van der Waals surface area contributed by atoms with Gasteiger partial charge in [-0.3, -0.25) is 0 Å². The van der Waals surface area contributed by atoms with E-state index in [1.807, 2.05) is 12.1 Å². The molecule has 0 fully saturated rings. The van der Waals surface area contributed by atoms with Crippen molar-refractivity contribution in [3.05, 3.63) is 24.2 Å². The third kappa shape index (κ3) is 3.80. The highest BCUT2D eigenvalue weighted by molar-refractivity contribution is 4.95. The molecule has 1 aromatic heterocycles. The number of rotatable bonds is 2. The molecular weight excluding hydrogens is 142 g/mol. The maximum atomic E-state index is 5.19. The molecule has 3 heteroatoms. The normalized spacial score (nSPS) is 10.8. The Labute approximate surface area is 67.1 Å². The predicted octanol–water partition coefficient (Wildman–Crippen LogP) is 1.31. The van der Waals surface area contributed by atoms with E-state index in [1.54, 1.807) is 6.26 Å². The van der Waals surface area contributed by atoms with Crippen molar-refractivity contribution in [3.8, 4) is 0 Å². The molecule has 11 heavy (non-hydrogen) atoms. The van der Waals surface area contributed by atoms with Crippen molar-refractivity contribution < 1.29 is 14.4 Å². The second kappa shape index (κ2) is 3.55. The Balaban J connectivity index is 0.000001000. The lowest BCUT2D eigenvalue weighted by atomic mass is 10.4. The molecule has 0 radical (unpaired) electrons. The van der Waals surface area contributed by atoms with E-state index in [9.17, 15) is 0 Å². The zero-order chi connectivity index (χ0) is 7.61. The summed E-state index contributed by atoms with van der Waals surface area (Å²) in [6.45, 7) is 0.951. The summed E-state index contributed by atoms with van der Waals surface area (Å²) in [6.07, 6.45) is 1.71. The Bertz CT molecular complexity index is 186. The van der Waals surface area contributed by atoms with Gasteiger partial charge >= 0.3 is 0 Å². The van der Waals surface area contributed by atoms with Gasteiger partial charge in [0, 0.05) is 0 Å². The van der Waals surface area contributed by atoms with Gasteiger partial charge in [0.2, 0.25) is 0 Å². The van der Waals surface area contributed by atoms with Crippen LogP contribution in [0.5, 0.6) is 0 Å². The molecule has 0 bridgehead atoms. The van der Waals surface area contributed by atoms with Crippen LogP contribution < -0.4 is 0 Å². The van der Waals surface area contributed by atoms with Crippen molar-refractivity contribution in [2.75, 3.05) is 21.1 Å². The van der Waals surface area contributed by atoms with Crippen molar-refractivity contribution in [3.63, 3.8) is 0 Å². The summed E-state index contributed by atoms with van der Waals surface area (Å²) in [5.74, 6) is 1.05. The number of quaternary nitrogens is 1. The molecule has 0 aliphatic rings. The van der Waals surface area contributed by atoms with Crippen molar-refractivity contribution in [1.29, 1.82) is 0 Å². The molecule has 1 aromatic rings. The summed E-state index contributed by atoms with van der Waals surface area (Å²) < 4.78 is 6.10. The summed E-state index contributed by atoms with van der Waals surface area (Å²) in [6, 6.07) is 3.93. The maximum absolute atomic E-state index is 5.19. The zero-order valence-corrected chi connectivity index (χ0v) is 7.24. The average Bonchev–Trinajstić information content (AvgIpc) is 2.12. The third-order valence-electron chi connectivity index (χ3n) is 1.21. The van der Waals surface area contributed by atoms with Gasteiger partial charge in [0.25, 0.3) is 0 Å². The van der Waals surface area contributed by atoms with Gasteiger partial charge in [0.1, 0.15) is 6.54 Å². The van der Waals surface area contributed by atoms with E-state index < -0.39 is 0 Å².